The maximum atomic E-state index is 13.0. The van der Waals surface area contributed by atoms with Crippen LogP contribution in [0.2, 0.25) is 0 Å². The van der Waals surface area contributed by atoms with Crippen LogP contribution in [0.15, 0.2) is 42.5 Å². The van der Waals surface area contributed by atoms with Crippen LogP contribution in [0.4, 0.5) is 5.69 Å². The van der Waals surface area contributed by atoms with Crippen LogP contribution in [0.25, 0.3) is 0 Å². The highest BCUT2D eigenvalue weighted by molar-refractivity contribution is 5.98. The molecule has 0 saturated heterocycles. The maximum Gasteiger partial charge on any atom is 0.257 e. The van der Waals surface area contributed by atoms with Crippen molar-refractivity contribution in [3.63, 3.8) is 0 Å². The first kappa shape index (κ1) is 18.8. The van der Waals surface area contributed by atoms with Crippen molar-refractivity contribution in [1.82, 2.24) is 9.80 Å². The number of fused-ring (bicyclic) bond motifs is 2. The standard InChI is InChI=1S/C22H27N3O3/c1-23-18-6-7-21-20(12-18)22(27)25(10-11-28-21)15-19(26)14-24-9-8-16-4-2-3-5-17(16)13-24/h2-7,12,19,23,26H,8-11,13-15H2,1H3. The van der Waals surface area contributed by atoms with Crippen LogP contribution in [0.5, 0.6) is 5.75 Å². The smallest absolute Gasteiger partial charge is 0.257 e. The molecule has 1 amide bonds. The third-order valence-electron chi connectivity index (χ3n) is 5.51. The van der Waals surface area contributed by atoms with E-state index in [1.54, 1.807) is 4.90 Å². The van der Waals surface area contributed by atoms with Gasteiger partial charge in [0.1, 0.15) is 12.4 Å². The van der Waals surface area contributed by atoms with Crippen molar-refractivity contribution >= 4 is 11.6 Å². The van der Waals surface area contributed by atoms with Crippen molar-refractivity contribution in [3.05, 3.63) is 59.2 Å². The Hall–Kier alpha value is -2.57. The van der Waals surface area contributed by atoms with E-state index in [1.807, 2.05) is 25.2 Å². The summed E-state index contributed by atoms with van der Waals surface area (Å²) in [5.41, 5.74) is 4.13. The Labute approximate surface area is 165 Å². The fourth-order valence-corrected chi connectivity index (χ4v) is 4.01. The van der Waals surface area contributed by atoms with E-state index in [-0.39, 0.29) is 5.91 Å². The lowest BCUT2D eigenvalue weighted by Gasteiger charge is -2.32. The quantitative estimate of drug-likeness (QED) is 0.829. The summed E-state index contributed by atoms with van der Waals surface area (Å²) in [5, 5.41) is 13.7. The number of aliphatic hydroxyl groups excluding tert-OH is 1. The number of nitrogens with zero attached hydrogens (tertiary/aromatic N) is 2. The Morgan fingerprint density at radius 3 is 2.79 bits per heavy atom. The summed E-state index contributed by atoms with van der Waals surface area (Å²) in [6.07, 6.45) is 0.405. The molecular weight excluding hydrogens is 354 g/mol. The van der Waals surface area contributed by atoms with Gasteiger partial charge in [-0.25, -0.2) is 0 Å². The van der Waals surface area contributed by atoms with Gasteiger partial charge >= 0.3 is 0 Å². The minimum Gasteiger partial charge on any atom is -0.491 e. The summed E-state index contributed by atoms with van der Waals surface area (Å²) in [6.45, 7) is 3.55. The molecule has 2 aromatic carbocycles. The first-order valence-electron chi connectivity index (χ1n) is 9.85. The predicted molar refractivity (Wildman–Crippen MR) is 109 cm³/mol. The largest absolute Gasteiger partial charge is 0.491 e. The number of hydrogen-bond acceptors (Lipinski definition) is 5. The molecule has 0 radical (unpaired) electrons. The lowest BCUT2D eigenvalue weighted by atomic mass is 10.00. The van der Waals surface area contributed by atoms with Crippen molar-refractivity contribution in [3.8, 4) is 5.75 Å². The van der Waals surface area contributed by atoms with Crippen molar-refractivity contribution in [2.75, 3.05) is 45.2 Å². The maximum absolute atomic E-state index is 13.0. The number of ether oxygens (including phenoxy) is 1. The molecule has 2 heterocycles. The molecule has 28 heavy (non-hydrogen) atoms. The van der Waals surface area contributed by atoms with Crippen LogP contribution in [0.3, 0.4) is 0 Å². The van der Waals surface area contributed by atoms with Gasteiger partial charge in [-0.15, -0.1) is 0 Å². The molecule has 0 saturated carbocycles. The molecule has 6 nitrogen and oxygen atoms in total. The van der Waals surface area contributed by atoms with Crippen molar-refractivity contribution in [2.45, 2.75) is 19.1 Å². The molecule has 1 unspecified atom stereocenters. The molecular formula is C22H27N3O3. The second-order valence-corrected chi connectivity index (χ2v) is 7.47. The number of carbonyl (C=O) groups is 1. The van der Waals surface area contributed by atoms with Crippen LogP contribution in [-0.2, 0) is 13.0 Å². The molecule has 1 atom stereocenters. The van der Waals surface area contributed by atoms with E-state index in [0.29, 0.717) is 37.6 Å². The van der Waals surface area contributed by atoms with E-state index >= 15 is 0 Å². The Bertz CT molecular complexity index is 855. The Kier molecular flexibility index (Phi) is 5.50. The minimum atomic E-state index is -0.594. The second kappa shape index (κ2) is 8.20. The second-order valence-electron chi connectivity index (χ2n) is 7.47. The van der Waals surface area contributed by atoms with Crippen LogP contribution in [0.1, 0.15) is 21.5 Å². The first-order valence-corrected chi connectivity index (χ1v) is 9.85. The highest BCUT2D eigenvalue weighted by Crippen LogP contribution is 2.26. The fraction of sp³-hybridized carbons (Fsp3) is 0.409. The number of amides is 1. The Morgan fingerprint density at radius 2 is 1.96 bits per heavy atom. The van der Waals surface area contributed by atoms with Crippen LogP contribution in [0, 0.1) is 0 Å². The third kappa shape index (κ3) is 3.98. The molecule has 6 heteroatoms. The van der Waals surface area contributed by atoms with Gasteiger partial charge in [-0.3, -0.25) is 9.69 Å². The van der Waals surface area contributed by atoms with E-state index in [0.717, 1.165) is 25.2 Å². The van der Waals surface area contributed by atoms with Gasteiger partial charge in [0.25, 0.3) is 5.91 Å². The molecule has 2 aliphatic rings. The summed E-state index contributed by atoms with van der Waals surface area (Å²) < 4.78 is 5.74. The molecule has 2 aromatic rings. The number of aliphatic hydroxyl groups is 1. The Balaban J connectivity index is 1.40. The van der Waals surface area contributed by atoms with Gasteiger partial charge in [-0.05, 0) is 35.7 Å². The summed E-state index contributed by atoms with van der Waals surface area (Å²) in [5.74, 6) is 0.515. The number of β-amino-alcohol motifs (C(OH)–C–C–N with tert-alkyl or cyclic N) is 1. The number of carbonyl (C=O) groups excluding carboxylic acids is 1. The molecule has 4 rings (SSSR count). The fourth-order valence-electron chi connectivity index (χ4n) is 4.01. The zero-order valence-electron chi connectivity index (χ0n) is 16.2. The van der Waals surface area contributed by atoms with Crippen molar-refractivity contribution in [1.29, 1.82) is 0 Å². The van der Waals surface area contributed by atoms with Gasteiger partial charge in [0, 0.05) is 38.9 Å². The SMILES string of the molecule is CNc1ccc2c(c1)C(=O)N(CC(O)CN1CCc3ccccc3C1)CCO2. The van der Waals surface area contributed by atoms with E-state index in [2.05, 4.69) is 34.5 Å². The number of nitrogens with one attached hydrogen (secondary N) is 1. The average Bonchev–Trinajstić information content (AvgIpc) is 2.86. The Morgan fingerprint density at radius 1 is 1.14 bits per heavy atom. The van der Waals surface area contributed by atoms with Crippen LogP contribution >= 0.6 is 0 Å². The van der Waals surface area contributed by atoms with Crippen molar-refractivity contribution in [2.24, 2.45) is 0 Å². The molecule has 0 aromatic heterocycles. The highest BCUT2D eigenvalue weighted by Gasteiger charge is 2.27. The van der Waals surface area contributed by atoms with Gasteiger partial charge in [-0.1, -0.05) is 24.3 Å². The summed E-state index contributed by atoms with van der Waals surface area (Å²) in [4.78, 5) is 17.0. The lowest BCUT2D eigenvalue weighted by Crippen LogP contribution is -2.44. The summed E-state index contributed by atoms with van der Waals surface area (Å²) >= 11 is 0. The molecule has 0 fully saturated rings. The zero-order valence-corrected chi connectivity index (χ0v) is 16.2. The van der Waals surface area contributed by atoms with E-state index in [4.69, 9.17) is 4.74 Å². The average molecular weight is 381 g/mol. The molecule has 148 valence electrons. The predicted octanol–water partition coefficient (Wildman–Crippen LogP) is 1.98. The van der Waals surface area contributed by atoms with Crippen LogP contribution in [-0.4, -0.2) is 66.8 Å². The zero-order chi connectivity index (χ0) is 19.5. The number of hydrogen-bond donors (Lipinski definition) is 2. The van der Waals surface area contributed by atoms with Gasteiger partial charge in [0.15, 0.2) is 0 Å². The van der Waals surface area contributed by atoms with Gasteiger partial charge in [0.05, 0.1) is 18.2 Å². The molecule has 0 aliphatic carbocycles. The normalized spacial score (nSPS) is 17.9. The third-order valence-corrected chi connectivity index (χ3v) is 5.51. The minimum absolute atomic E-state index is 0.0901. The number of rotatable bonds is 5. The number of anilines is 1. The molecule has 0 spiro atoms. The van der Waals surface area contributed by atoms with E-state index < -0.39 is 6.10 Å². The summed E-state index contributed by atoms with van der Waals surface area (Å²) in [7, 11) is 1.82. The first-order chi connectivity index (χ1) is 13.6. The van der Waals surface area contributed by atoms with Crippen LogP contribution < -0.4 is 10.1 Å². The van der Waals surface area contributed by atoms with E-state index in [1.165, 1.54) is 11.1 Å². The van der Waals surface area contributed by atoms with E-state index in [9.17, 15) is 9.90 Å². The lowest BCUT2D eigenvalue weighted by molar-refractivity contribution is 0.0501. The van der Waals surface area contributed by atoms with Gasteiger partial charge < -0.3 is 20.1 Å². The molecule has 2 N–H and O–H groups in total. The topological polar surface area (TPSA) is 65.0 Å². The monoisotopic (exact) mass is 381 g/mol. The number of benzene rings is 2. The van der Waals surface area contributed by atoms with Gasteiger partial charge in [-0.2, -0.15) is 0 Å². The molecule has 0 bridgehead atoms. The van der Waals surface area contributed by atoms with Gasteiger partial charge in [0.2, 0.25) is 0 Å². The highest BCUT2D eigenvalue weighted by atomic mass is 16.5. The molecule has 2 aliphatic heterocycles. The van der Waals surface area contributed by atoms with Crippen molar-refractivity contribution < 1.29 is 14.6 Å². The summed E-state index contributed by atoms with van der Waals surface area (Å²) in [6, 6.07) is 14.0.